The van der Waals surface area contributed by atoms with Crippen LogP contribution < -0.4 is 5.32 Å². The summed E-state index contributed by atoms with van der Waals surface area (Å²) in [6.45, 7) is 2.14. The Labute approximate surface area is 53.8 Å². The average Bonchev–Trinajstić information content (AvgIpc) is 1.63. The lowest BCUT2D eigenvalue weighted by molar-refractivity contribution is 0.156. The van der Waals surface area contributed by atoms with E-state index in [-0.39, 0.29) is 6.04 Å². The SMILES string of the molecule is COC[C@H](C)NC(=O)O. The number of carboxylic acid groups (broad SMARTS) is 1. The minimum atomic E-state index is -1.01. The van der Waals surface area contributed by atoms with Crippen LogP contribution in [0.15, 0.2) is 0 Å². The van der Waals surface area contributed by atoms with E-state index in [2.05, 4.69) is 10.1 Å². The Morgan fingerprint density at radius 1 is 1.89 bits per heavy atom. The molecule has 0 rings (SSSR count). The molecular weight excluding hydrogens is 122 g/mol. The van der Waals surface area contributed by atoms with Crippen LogP contribution in [-0.4, -0.2) is 31.0 Å². The number of ether oxygens (including phenoxy) is 1. The molecule has 4 nitrogen and oxygen atoms in total. The molecule has 0 heterocycles. The minimum Gasteiger partial charge on any atom is -0.465 e. The second-order valence-corrected chi connectivity index (χ2v) is 1.81. The van der Waals surface area contributed by atoms with Gasteiger partial charge in [0.15, 0.2) is 0 Å². The van der Waals surface area contributed by atoms with Crippen LogP contribution in [0.4, 0.5) is 4.79 Å². The molecule has 0 aromatic heterocycles. The Balaban J connectivity index is 3.26. The lowest BCUT2D eigenvalue weighted by atomic mass is 10.4. The highest BCUT2D eigenvalue weighted by molar-refractivity contribution is 5.64. The second kappa shape index (κ2) is 4.14. The smallest absolute Gasteiger partial charge is 0.404 e. The summed E-state index contributed by atoms with van der Waals surface area (Å²) in [7, 11) is 1.53. The van der Waals surface area contributed by atoms with E-state index in [0.717, 1.165) is 0 Å². The maximum absolute atomic E-state index is 9.92. The fourth-order valence-corrected chi connectivity index (χ4v) is 0.502. The van der Waals surface area contributed by atoms with E-state index in [4.69, 9.17) is 5.11 Å². The van der Waals surface area contributed by atoms with Gasteiger partial charge in [0.1, 0.15) is 0 Å². The minimum absolute atomic E-state index is 0.132. The molecule has 0 bridgehead atoms. The summed E-state index contributed by atoms with van der Waals surface area (Å²) in [6.07, 6.45) is -1.01. The van der Waals surface area contributed by atoms with E-state index >= 15 is 0 Å². The van der Waals surface area contributed by atoms with Gasteiger partial charge in [-0.05, 0) is 6.92 Å². The van der Waals surface area contributed by atoms with Crippen molar-refractivity contribution in [1.82, 2.24) is 5.32 Å². The Hall–Kier alpha value is -0.770. The first-order valence-corrected chi connectivity index (χ1v) is 2.65. The highest BCUT2D eigenvalue weighted by atomic mass is 16.5. The molecule has 0 aromatic carbocycles. The zero-order chi connectivity index (χ0) is 7.28. The molecule has 0 aromatic rings. The van der Waals surface area contributed by atoms with Gasteiger partial charge in [0, 0.05) is 7.11 Å². The number of rotatable bonds is 3. The molecule has 0 unspecified atom stereocenters. The fraction of sp³-hybridized carbons (Fsp3) is 0.800. The van der Waals surface area contributed by atoms with Crippen LogP contribution in [0.5, 0.6) is 0 Å². The van der Waals surface area contributed by atoms with Gasteiger partial charge in [-0.3, -0.25) is 0 Å². The summed E-state index contributed by atoms with van der Waals surface area (Å²) >= 11 is 0. The number of nitrogens with one attached hydrogen (secondary N) is 1. The molecule has 2 N–H and O–H groups in total. The van der Waals surface area contributed by atoms with Crippen molar-refractivity contribution in [3.63, 3.8) is 0 Å². The summed E-state index contributed by atoms with van der Waals surface area (Å²) in [5, 5.41) is 10.4. The zero-order valence-electron chi connectivity index (χ0n) is 5.55. The number of hydrogen-bond donors (Lipinski definition) is 2. The van der Waals surface area contributed by atoms with E-state index in [1.807, 2.05) is 0 Å². The second-order valence-electron chi connectivity index (χ2n) is 1.81. The van der Waals surface area contributed by atoms with Gasteiger partial charge in [-0.15, -0.1) is 0 Å². The topological polar surface area (TPSA) is 58.6 Å². The lowest BCUT2D eigenvalue weighted by Crippen LogP contribution is -2.34. The van der Waals surface area contributed by atoms with Crippen molar-refractivity contribution in [2.24, 2.45) is 0 Å². The van der Waals surface area contributed by atoms with Gasteiger partial charge in [0.25, 0.3) is 0 Å². The Bertz CT molecular complexity index is 94.2. The van der Waals surface area contributed by atoms with Gasteiger partial charge in [-0.1, -0.05) is 0 Å². The predicted molar refractivity (Wildman–Crippen MR) is 32.5 cm³/mol. The molecule has 0 saturated heterocycles. The van der Waals surface area contributed by atoms with E-state index in [1.165, 1.54) is 7.11 Å². The Morgan fingerprint density at radius 3 is 2.78 bits per heavy atom. The number of methoxy groups -OCH3 is 1. The van der Waals surface area contributed by atoms with Gasteiger partial charge in [-0.2, -0.15) is 0 Å². The monoisotopic (exact) mass is 133 g/mol. The zero-order valence-corrected chi connectivity index (χ0v) is 5.55. The molecule has 0 saturated carbocycles. The van der Waals surface area contributed by atoms with E-state index in [0.29, 0.717) is 6.61 Å². The lowest BCUT2D eigenvalue weighted by Gasteiger charge is -2.08. The average molecular weight is 133 g/mol. The molecule has 1 atom stereocenters. The molecule has 1 amide bonds. The quantitative estimate of drug-likeness (QED) is 0.581. The highest BCUT2D eigenvalue weighted by Crippen LogP contribution is 1.80. The first-order valence-electron chi connectivity index (χ1n) is 2.65. The molecule has 0 aliphatic carbocycles. The summed E-state index contributed by atoms with van der Waals surface area (Å²) in [6, 6.07) is -0.132. The van der Waals surface area contributed by atoms with Crippen molar-refractivity contribution in [3.05, 3.63) is 0 Å². The predicted octanol–water partition coefficient (Wildman–Crippen LogP) is 0.289. The third-order valence-electron chi connectivity index (χ3n) is 0.787. The Kier molecular flexibility index (Phi) is 3.79. The van der Waals surface area contributed by atoms with Crippen LogP contribution >= 0.6 is 0 Å². The van der Waals surface area contributed by atoms with Crippen LogP contribution in [0, 0.1) is 0 Å². The highest BCUT2D eigenvalue weighted by Gasteiger charge is 2.02. The number of amides is 1. The summed E-state index contributed by atoms with van der Waals surface area (Å²) in [5.74, 6) is 0. The van der Waals surface area contributed by atoms with E-state index in [1.54, 1.807) is 6.92 Å². The molecule has 4 heteroatoms. The first-order chi connectivity index (χ1) is 4.16. The van der Waals surface area contributed by atoms with Gasteiger partial charge < -0.3 is 15.2 Å². The molecule has 0 aliphatic heterocycles. The van der Waals surface area contributed by atoms with Gasteiger partial charge in [-0.25, -0.2) is 4.79 Å². The van der Waals surface area contributed by atoms with Crippen molar-refractivity contribution >= 4 is 6.09 Å². The third-order valence-corrected chi connectivity index (χ3v) is 0.787. The number of carbonyl (C=O) groups is 1. The number of hydrogen-bond acceptors (Lipinski definition) is 2. The molecule has 0 fully saturated rings. The molecular formula is C5H11NO3. The fourth-order valence-electron chi connectivity index (χ4n) is 0.502. The molecule has 0 spiro atoms. The summed E-state index contributed by atoms with van der Waals surface area (Å²) in [4.78, 5) is 9.92. The van der Waals surface area contributed by atoms with Crippen LogP contribution in [0.3, 0.4) is 0 Å². The van der Waals surface area contributed by atoms with Crippen molar-refractivity contribution in [2.45, 2.75) is 13.0 Å². The van der Waals surface area contributed by atoms with Crippen LogP contribution in [0.1, 0.15) is 6.92 Å². The standard InChI is InChI=1S/C5H11NO3/c1-4(3-9-2)6-5(7)8/h4,6H,3H2,1-2H3,(H,7,8)/t4-/m0/s1. The summed E-state index contributed by atoms with van der Waals surface area (Å²) < 4.78 is 4.68. The van der Waals surface area contributed by atoms with Crippen LogP contribution in [-0.2, 0) is 4.74 Å². The summed E-state index contributed by atoms with van der Waals surface area (Å²) in [5.41, 5.74) is 0. The van der Waals surface area contributed by atoms with Crippen molar-refractivity contribution in [2.75, 3.05) is 13.7 Å². The van der Waals surface area contributed by atoms with Crippen molar-refractivity contribution in [3.8, 4) is 0 Å². The largest absolute Gasteiger partial charge is 0.465 e. The first kappa shape index (κ1) is 8.23. The Morgan fingerprint density at radius 2 is 2.44 bits per heavy atom. The molecule has 0 aliphatic rings. The van der Waals surface area contributed by atoms with Gasteiger partial charge in [0.2, 0.25) is 0 Å². The van der Waals surface area contributed by atoms with Crippen molar-refractivity contribution < 1.29 is 14.6 Å². The molecule has 0 radical (unpaired) electrons. The molecule has 54 valence electrons. The maximum Gasteiger partial charge on any atom is 0.404 e. The third kappa shape index (κ3) is 5.10. The van der Waals surface area contributed by atoms with Gasteiger partial charge >= 0.3 is 6.09 Å². The van der Waals surface area contributed by atoms with Gasteiger partial charge in [0.05, 0.1) is 12.6 Å². The van der Waals surface area contributed by atoms with E-state index < -0.39 is 6.09 Å². The van der Waals surface area contributed by atoms with Crippen molar-refractivity contribution in [1.29, 1.82) is 0 Å². The normalized spacial score (nSPS) is 12.7. The van der Waals surface area contributed by atoms with Crippen LogP contribution in [0.25, 0.3) is 0 Å². The van der Waals surface area contributed by atoms with E-state index in [9.17, 15) is 4.79 Å². The molecule has 9 heavy (non-hydrogen) atoms. The van der Waals surface area contributed by atoms with Crippen LogP contribution in [0.2, 0.25) is 0 Å². The maximum atomic E-state index is 9.92.